The number of Topliss-reactive ketones (excluding diaryl/α,β-unsaturated/α-hetero) is 1. The third kappa shape index (κ3) is 3.86. The van der Waals surface area contributed by atoms with Crippen molar-refractivity contribution in [3.63, 3.8) is 0 Å². The first-order chi connectivity index (χ1) is 16.6. The normalized spacial score (nSPS) is 11.9. The lowest BCUT2D eigenvalue weighted by molar-refractivity contribution is 0.0950. The van der Waals surface area contributed by atoms with Crippen molar-refractivity contribution in [1.29, 1.82) is 0 Å². The molecule has 0 bridgehead atoms. The van der Waals surface area contributed by atoms with Crippen molar-refractivity contribution in [2.45, 2.75) is 12.3 Å². The van der Waals surface area contributed by atoms with Crippen molar-refractivity contribution in [1.82, 2.24) is 9.36 Å². The molecule has 0 fully saturated rings. The topological polar surface area (TPSA) is 77.4 Å². The Hall–Kier alpha value is -4.58. The Morgan fingerprint density at radius 3 is 1.88 bits per heavy atom. The maximum Gasteiger partial charge on any atom is 0.279 e. The Balaban J connectivity index is 1.74. The van der Waals surface area contributed by atoms with Crippen molar-refractivity contribution in [3.8, 4) is 17.3 Å². The van der Waals surface area contributed by atoms with Crippen LogP contribution in [-0.4, -0.2) is 20.3 Å². The highest BCUT2D eigenvalue weighted by atomic mass is 16.3. The van der Waals surface area contributed by atoms with E-state index in [9.17, 15) is 14.7 Å². The molecule has 1 unspecified atom stereocenters. The molecule has 2 aromatic heterocycles. The highest BCUT2D eigenvalue weighted by molar-refractivity contribution is 5.94. The van der Waals surface area contributed by atoms with Crippen molar-refractivity contribution >= 4 is 5.78 Å². The summed E-state index contributed by atoms with van der Waals surface area (Å²) in [6.07, 6.45) is 1.41. The fraction of sp³-hybridized carbons (Fsp3) is 0.0714. The van der Waals surface area contributed by atoms with Gasteiger partial charge in [-0.3, -0.25) is 9.59 Å². The number of aromatic hydroxyl groups is 1. The molecule has 0 amide bonds. The zero-order chi connectivity index (χ0) is 23.5. The number of furan rings is 1. The molecular formula is C28H22N2O4. The molecule has 0 saturated carbocycles. The monoisotopic (exact) mass is 450 g/mol. The summed E-state index contributed by atoms with van der Waals surface area (Å²) in [6, 6.07) is 30.8. The number of nitrogens with zero attached hydrogens (tertiary/aromatic N) is 2. The molecule has 6 nitrogen and oxygen atoms in total. The minimum absolute atomic E-state index is 0.0338. The van der Waals surface area contributed by atoms with E-state index >= 15 is 0 Å². The number of rotatable bonds is 7. The van der Waals surface area contributed by atoms with Crippen LogP contribution in [-0.2, 0) is 0 Å². The lowest BCUT2D eigenvalue weighted by Crippen LogP contribution is -2.23. The van der Waals surface area contributed by atoms with E-state index in [1.54, 1.807) is 24.3 Å². The van der Waals surface area contributed by atoms with Crippen LogP contribution in [0.5, 0.6) is 5.88 Å². The van der Waals surface area contributed by atoms with Crippen LogP contribution < -0.4 is 5.56 Å². The average Bonchev–Trinajstić information content (AvgIpc) is 3.51. The van der Waals surface area contributed by atoms with Gasteiger partial charge in [0.1, 0.15) is 0 Å². The third-order valence-electron chi connectivity index (χ3n) is 5.80. The summed E-state index contributed by atoms with van der Waals surface area (Å²) in [5.41, 5.74) is 1.73. The van der Waals surface area contributed by atoms with Crippen LogP contribution in [0, 0.1) is 0 Å². The van der Waals surface area contributed by atoms with E-state index in [0.29, 0.717) is 11.4 Å². The Morgan fingerprint density at radius 1 is 0.765 bits per heavy atom. The Bertz CT molecular complexity index is 1450. The second-order valence-electron chi connectivity index (χ2n) is 7.91. The van der Waals surface area contributed by atoms with Crippen LogP contribution >= 0.6 is 0 Å². The van der Waals surface area contributed by atoms with E-state index < -0.39 is 11.5 Å². The molecule has 3 aromatic carbocycles. The second kappa shape index (κ2) is 9.11. The standard InChI is InChI=1S/C28H22N2O4/c31-24(25-17-10-18-34-25)19-23(20-11-4-1-5-12-20)26-27(32)29(21-13-6-2-7-14-21)30(28(26)33)22-15-8-3-9-16-22/h1-18,23,32H,19H2. The molecule has 0 radical (unpaired) electrons. The van der Waals surface area contributed by atoms with Crippen molar-refractivity contribution < 1.29 is 14.3 Å². The van der Waals surface area contributed by atoms with Gasteiger partial charge in [0.15, 0.2) is 11.5 Å². The largest absolute Gasteiger partial charge is 0.493 e. The van der Waals surface area contributed by atoms with Gasteiger partial charge in [-0.2, -0.15) is 0 Å². The summed E-state index contributed by atoms with van der Waals surface area (Å²) < 4.78 is 8.22. The van der Waals surface area contributed by atoms with Crippen LogP contribution in [0.25, 0.3) is 11.4 Å². The number of hydrogen-bond donors (Lipinski definition) is 1. The zero-order valence-corrected chi connectivity index (χ0v) is 18.2. The summed E-state index contributed by atoms with van der Waals surface area (Å²) in [5, 5.41) is 11.5. The minimum Gasteiger partial charge on any atom is -0.493 e. The molecule has 0 aliphatic heterocycles. The van der Waals surface area contributed by atoms with Gasteiger partial charge in [0.2, 0.25) is 5.88 Å². The minimum atomic E-state index is -0.675. The first-order valence-electron chi connectivity index (χ1n) is 10.9. The number of aromatic nitrogens is 2. The highest BCUT2D eigenvalue weighted by Crippen LogP contribution is 2.35. The Labute approximate surface area is 195 Å². The summed E-state index contributed by atoms with van der Waals surface area (Å²) in [5.74, 6) is -0.921. The molecule has 5 rings (SSSR count). The predicted octanol–water partition coefficient (Wildman–Crippen LogP) is 5.33. The smallest absolute Gasteiger partial charge is 0.279 e. The Morgan fingerprint density at radius 2 is 1.32 bits per heavy atom. The Kier molecular flexibility index (Phi) is 5.70. The molecule has 0 aliphatic rings. The maximum absolute atomic E-state index is 13.9. The van der Waals surface area contributed by atoms with E-state index in [2.05, 4.69) is 0 Å². The van der Waals surface area contributed by atoms with Crippen LogP contribution in [0.4, 0.5) is 0 Å². The summed E-state index contributed by atoms with van der Waals surface area (Å²) >= 11 is 0. The van der Waals surface area contributed by atoms with Gasteiger partial charge >= 0.3 is 0 Å². The fourth-order valence-corrected chi connectivity index (χ4v) is 4.22. The van der Waals surface area contributed by atoms with Gasteiger partial charge < -0.3 is 9.52 Å². The molecule has 0 saturated heterocycles. The summed E-state index contributed by atoms with van der Waals surface area (Å²) in [6.45, 7) is 0. The van der Waals surface area contributed by atoms with E-state index in [1.165, 1.54) is 15.6 Å². The van der Waals surface area contributed by atoms with Gasteiger partial charge in [-0.15, -0.1) is 0 Å². The highest BCUT2D eigenvalue weighted by Gasteiger charge is 2.31. The molecule has 34 heavy (non-hydrogen) atoms. The molecule has 6 heteroatoms. The van der Waals surface area contributed by atoms with Gasteiger partial charge in [-0.25, -0.2) is 9.36 Å². The van der Waals surface area contributed by atoms with Crippen LogP contribution in [0.3, 0.4) is 0 Å². The van der Waals surface area contributed by atoms with Gasteiger partial charge in [0, 0.05) is 12.3 Å². The molecule has 0 aliphatic carbocycles. The number of hydrogen-bond acceptors (Lipinski definition) is 4. The number of benzene rings is 3. The SMILES string of the molecule is O=C(CC(c1ccccc1)c1c(O)n(-c2ccccc2)n(-c2ccccc2)c1=O)c1ccco1. The molecule has 0 spiro atoms. The number of carbonyl (C=O) groups is 1. The van der Waals surface area contributed by atoms with Crippen molar-refractivity contribution in [2.75, 3.05) is 0 Å². The first-order valence-corrected chi connectivity index (χ1v) is 10.9. The van der Waals surface area contributed by atoms with Gasteiger partial charge in [0.25, 0.3) is 5.56 Å². The van der Waals surface area contributed by atoms with Crippen LogP contribution in [0.1, 0.15) is 34.0 Å². The van der Waals surface area contributed by atoms with Gasteiger partial charge in [-0.05, 0) is 42.0 Å². The average molecular weight is 450 g/mol. The van der Waals surface area contributed by atoms with E-state index in [4.69, 9.17) is 4.42 Å². The predicted molar refractivity (Wildman–Crippen MR) is 129 cm³/mol. The van der Waals surface area contributed by atoms with Gasteiger partial charge in [-0.1, -0.05) is 66.7 Å². The first kappa shape index (κ1) is 21.3. The zero-order valence-electron chi connectivity index (χ0n) is 18.2. The van der Waals surface area contributed by atoms with Crippen molar-refractivity contribution in [2.24, 2.45) is 0 Å². The molecule has 5 aromatic rings. The lowest BCUT2D eigenvalue weighted by Gasteiger charge is -2.15. The second-order valence-corrected chi connectivity index (χ2v) is 7.91. The lowest BCUT2D eigenvalue weighted by atomic mass is 9.88. The fourth-order valence-electron chi connectivity index (χ4n) is 4.22. The van der Waals surface area contributed by atoms with E-state index in [1.807, 2.05) is 78.9 Å². The van der Waals surface area contributed by atoms with Crippen LogP contribution in [0.2, 0.25) is 0 Å². The summed E-state index contributed by atoms with van der Waals surface area (Å²) in [7, 11) is 0. The van der Waals surface area contributed by atoms with Crippen LogP contribution in [0.15, 0.2) is 119 Å². The number of ketones is 1. The van der Waals surface area contributed by atoms with Gasteiger partial charge in [0.05, 0.1) is 23.2 Å². The molecule has 2 heterocycles. The molecule has 168 valence electrons. The quantitative estimate of drug-likeness (QED) is 0.340. The van der Waals surface area contributed by atoms with Crippen molar-refractivity contribution in [3.05, 3.63) is 137 Å². The summed E-state index contributed by atoms with van der Waals surface area (Å²) in [4.78, 5) is 26.9. The third-order valence-corrected chi connectivity index (χ3v) is 5.80. The molecule has 1 atom stereocenters. The molecular weight excluding hydrogens is 428 g/mol. The number of carbonyl (C=O) groups excluding carboxylic acids is 1. The number of para-hydroxylation sites is 2. The van der Waals surface area contributed by atoms with E-state index in [0.717, 1.165) is 5.56 Å². The maximum atomic E-state index is 13.9. The van der Waals surface area contributed by atoms with E-state index in [-0.39, 0.29) is 29.4 Å². The molecule has 1 N–H and O–H groups in total.